The molecular weight excluding hydrogens is 164 g/mol. The topological polar surface area (TPSA) is 26.3 Å². The quantitative estimate of drug-likeness (QED) is 0.373. The standard InChI is InChI=1S/C11H20O2/c1-5-6-7-13-11(12)10(4)8-9(2)3/h8-9H,5-7H2,1-4H3/b10-8+. The molecule has 0 aromatic rings. The van der Waals surface area contributed by atoms with Crippen molar-refractivity contribution in [2.75, 3.05) is 6.61 Å². The summed E-state index contributed by atoms with van der Waals surface area (Å²) in [7, 11) is 0. The third kappa shape index (κ3) is 6.38. The van der Waals surface area contributed by atoms with E-state index < -0.39 is 0 Å². The van der Waals surface area contributed by atoms with Crippen LogP contribution in [-0.2, 0) is 9.53 Å². The van der Waals surface area contributed by atoms with E-state index >= 15 is 0 Å². The highest BCUT2D eigenvalue weighted by molar-refractivity contribution is 5.87. The summed E-state index contributed by atoms with van der Waals surface area (Å²) in [6.45, 7) is 8.50. The van der Waals surface area contributed by atoms with E-state index in [4.69, 9.17) is 4.74 Å². The maximum absolute atomic E-state index is 11.3. The molecular formula is C11H20O2. The van der Waals surface area contributed by atoms with Gasteiger partial charge in [0.05, 0.1) is 6.61 Å². The first kappa shape index (κ1) is 12.2. The average molecular weight is 184 g/mol. The largest absolute Gasteiger partial charge is 0.462 e. The Bertz CT molecular complexity index is 181. The van der Waals surface area contributed by atoms with Gasteiger partial charge in [-0.25, -0.2) is 4.79 Å². The monoisotopic (exact) mass is 184 g/mol. The van der Waals surface area contributed by atoms with Crippen LogP contribution in [0.2, 0.25) is 0 Å². The number of hydrogen-bond acceptors (Lipinski definition) is 2. The van der Waals surface area contributed by atoms with Gasteiger partial charge in [0.15, 0.2) is 0 Å². The molecule has 0 fully saturated rings. The van der Waals surface area contributed by atoms with Crippen molar-refractivity contribution < 1.29 is 9.53 Å². The van der Waals surface area contributed by atoms with Crippen LogP contribution in [0.25, 0.3) is 0 Å². The Balaban J connectivity index is 3.83. The van der Waals surface area contributed by atoms with Gasteiger partial charge in [0, 0.05) is 5.57 Å². The second kappa shape index (κ2) is 6.70. The van der Waals surface area contributed by atoms with Crippen LogP contribution >= 0.6 is 0 Å². The number of rotatable bonds is 5. The summed E-state index contributed by atoms with van der Waals surface area (Å²) < 4.78 is 5.04. The zero-order valence-electron chi connectivity index (χ0n) is 9.09. The minimum absolute atomic E-state index is 0.179. The molecule has 0 aromatic carbocycles. The number of hydrogen-bond donors (Lipinski definition) is 0. The van der Waals surface area contributed by atoms with E-state index in [0.717, 1.165) is 12.8 Å². The molecule has 0 heterocycles. The van der Waals surface area contributed by atoms with Gasteiger partial charge in [-0.15, -0.1) is 0 Å². The van der Waals surface area contributed by atoms with Crippen molar-refractivity contribution in [3.8, 4) is 0 Å². The molecule has 0 atom stereocenters. The molecule has 0 spiro atoms. The van der Waals surface area contributed by atoms with Crippen LogP contribution in [0.5, 0.6) is 0 Å². The molecule has 2 nitrogen and oxygen atoms in total. The molecule has 0 aliphatic rings. The van der Waals surface area contributed by atoms with Gasteiger partial charge >= 0.3 is 5.97 Å². The lowest BCUT2D eigenvalue weighted by Gasteiger charge is -2.04. The van der Waals surface area contributed by atoms with Crippen molar-refractivity contribution in [2.45, 2.75) is 40.5 Å². The molecule has 0 rings (SSSR count). The Morgan fingerprint density at radius 3 is 2.54 bits per heavy atom. The van der Waals surface area contributed by atoms with Crippen LogP contribution in [0, 0.1) is 5.92 Å². The Morgan fingerprint density at radius 2 is 2.08 bits per heavy atom. The van der Waals surface area contributed by atoms with E-state index in [1.54, 1.807) is 6.92 Å². The number of carbonyl (C=O) groups excluding carboxylic acids is 1. The summed E-state index contributed by atoms with van der Waals surface area (Å²) in [6, 6.07) is 0. The number of allylic oxidation sites excluding steroid dienone is 1. The van der Waals surface area contributed by atoms with Gasteiger partial charge in [-0.3, -0.25) is 0 Å². The van der Waals surface area contributed by atoms with E-state index in [2.05, 4.69) is 6.92 Å². The molecule has 13 heavy (non-hydrogen) atoms. The average Bonchev–Trinajstić information content (AvgIpc) is 2.03. The molecule has 2 heteroatoms. The van der Waals surface area contributed by atoms with Crippen molar-refractivity contribution in [1.29, 1.82) is 0 Å². The van der Waals surface area contributed by atoms with Crippen molar-refractivity contribution in [3.63, 3.8) is 0 Å². The summed E-state index contributed by atoms with van der Waals surface area (Å²) in [4.78, 5) is 11.3. The summed E-state index contributed by atoms with van der Waals surface area (Å²) in [5.74, 6) is 0.223. The second-order valence-corrected chi connectivity index (χ2v) is 3.58. The molecule has 0 saturated heterocycles. The normalized spacial score (nSPS) is 11.9. The molecule has 0 amide bonds. The van der Waals surface area contributed by atoms with Gasteiger partial charge in [0.1, 0.15) is 0 Å². The van der Waals surface area contributed by atoms with Gasteiger partial charge in [-0.2, -0.15) is 0 Å². The van der Waals surface area contributed by atoms with E-state index in [1.807, 2.05) is 19.9 Å². The maximum Gasteiger partial charge on any atom is 0.333 e. The molecule has 0 N–H and O–H groups in total. The SMILES string of the molecule is CCCCOC(=O)/C(C)=C/C(C)C. The molecule has 0 aliphatic carbocycles. The minimum atomic E-state index is -0.179. The zero-order chi connectivity index (χ0) is 10.3. The first-order valence-electron chi connectivity index (χ1n) is 4.93. The highest BCUT2D eigenvalue weighted by Gasteiger charge is 2.04. The first-order chi connectivity index (χ1) is 6.07. The first-order valence-corrected chi connectivity index (χ1v) is 4.93. The van der Waals surface area contributed by atoms with Crippen LogP contribution in [0.15, 0.2) is 11.6 Å². The van der Waals surface area contributed by atoms with Crippen molar-refractivity contribution in [3.05, 3.63) is 11.6 Å². The fourth-order valence-corrected chi connectivity index (χ4v) is 0.991. The van der Waals surface area contributed by atoms with Gasteiger partial charge < -0.3 is 4.74 Å². The summed E-state index contributed by atoms with van der Waals surface area (Å²) >= 11 is 0. The highest BCUT2D eigenvalue weighted by atomic mass is 16.5. The lowest BCUT2D eigenvalue weighted by molar-refractivity contribution is -0.139. The predicted molar refractivity (Wildman–Crippen MR) is 54.5 cm³/mol. The highest BCUT2D eigenvalue weighted by Crippen LogP contribution is 2.04. The predicted octanol–water partition coefficient (Wildman–Crippen LogP) is 2.93. The number of carbonyl (C=O) groups is 1. The third-order valence-corrected chi connectivity index (χ3v) is 1.64. The molecule has 0 saturated carbocycles. The lowest BCUT2D eigenvalue weighted by atomic mass is 10.1. The van der Waals surface area contributed by atoms with Crippen molar-refractivity contribution >= 4 is 5.97 Å². The Labute approximate surface area is 81.0 Å². The molecule has 76 valence electrons. The summed E-state index contributed by atoms with van der Waals surface area (Å²) in [6.07, 6.45) is 3.93. The molecule has 0 aromatic heterocycles. The Hall–Kier alpha value is -0.790. The Morgan fingerprint density at radius 1 is 1.46 bits per heavy atom. The fourth-order valence-electron chi connectivity index (χ4n) is 0.991. The Kier molecular flexibility index (Phi) is 6.29. The van der Waals surface area contributed by atoms with Gasteiger partial charge in [0.2, 0.25) is 0 Å². The summed E-state index contributed by atoms with van der Waals surface area (Å²) in [5.41, 5.74) is 0.714. The van der Waals surface area contributed by atoms with Gasteiger partial charge in [-0.05, 0) is 19.3 Å². The minimum Gasteiger partial charge on any atom is -0.462 e. The van der Waals surface area contributed by atoms with Crippen LogP contribution in [0.1, 0.15) is 40.5 Å². The van der Waals surface area contributed by atoms with E-state index in [0.29, 0.717) is 18.1 Å². The molecule has 0 radical (unpaired) electrons. The van der Waals surface area contributed by atoms with E-state index in [9.17, 15) is 4.79 Å². The number of esters is 1. The zero-order valence-corrected chi connectivity index (χ0v) is 9.09. The van der Waals surface area contributed by atoms with Gasteiger partial charge in [-0.1, -0.05) is 33.3 Å². The molecule has 0 bridgehead atoms. The van der Waals surface area contributed by atoms with Crippen LogP contribution in [0.4, 0.5) is 0 Å². The van der Waals surface area contributed by atoms with Crippen LogP contribution in [0.3, 0.4) is 0 Å². The third-order valence-electron chi connectivity index (χ3n) is 1.64. The van der Waals surface area contributed by atoms with E-state index in [-0.39, 0.29) is 5.97 Å². The summed E-state index contributed by atoms with van der Waals surface area (Å²) in [5, 5.41) is 0. The van der Waals surface area contributed by atoms with Crippen LogP contribution < -0.4 is 0 Å². The second-order valence-electron chi connectivity index (χ2n) is 3.58. The molecule has 0 unspecified atom stereocenters. The van der Waals surface area contributed by atoms with Crippen molar-refractivity contribution in [1.82, 2.24) is 0 Å². The maximum atomic E-state index is 11.3. The smallest absolute Gasteiger partial charge is 0.333 e. The molecule has 0 aliphatic heterocycles. The van der Waals surface area contributed by atoms with E-state index in [1.165, 1.54) is 0 Å². The van der Waals surface area contributed by atoms with Crippen LogP contribution in [-0.4, -0.2) is 12.6 Å². The number of ether oxygens (including phenoxy) is 1. The fraction of sp³-hybridized carbons (Fsp3) is 0.727. The number of unbranched alkanes of at least 4 members (excludes halogenated alkanes) is 1. The lowest BCUT2D eigenvalue weighted by Crippen LogP contribution is -2.07. The van der Waals surface area contributed by atoms with Crippen molar-refractivity contribution in [2.24, 2.45) is 5.92 Å². The van der Waals surface area contributed by atoms with Gasteiger partial charge in [0.25, 0.3) is 0 Å².